The van der Waals surface area contributed by atoms with Crippen LogP contribution in [0.3, 0.4) is 0 Å². The first-order chi connectivity index (χ1) is 28.8. The van der Waals surface area contributed by atoms with Gasteiger partial charge in [0, 0.05) is 23.4 Å². The molecule has 0 saturated carbocycles. The predicted molar refractivity (Wildman–Crippen MR) is 237 cm³/mol. The number of hydrogen-bond acceptors (Lipinski definition) is 4. The molecule has 292 valence electrons. The molecule has 0 bridgehead atoms. The Labute approximate surface area is 376 Å². The van der Waals surface area contributed by atoms with Gasteiger partial charge in [-0.3, -0.25) is 9.97 Å². The molecule has 0 amide bonds. The van der Waals surface area contributed by atoms with Crippen molar-refractivity contribution in [1.82, 2.24) is 29.9 Å². The maximum atomic E-state index is 4.44. The second kappa shape index (κ2) is 19.9. The average molecular weight is 1130 g/mol. The summed E-state index contributed by atoms with van der Waals surface area (Å²) in [5.41, 5.74) is 10.2. The van der Waals surface area contributed by atoms with Gasteiger partial charge < -0.3 is 19.9 Å². The van der Waals surface area contributed by atoms with E-state index in [2.05, 4.69) is 127 Å². The summed E-state index contributed by atoms with van der Waals surface area (Å²) in [7, 11) is 0. The van der Waals surface area contributed by atoms with Gasteiger partial charge in [-0.25, -0.2) is 0 Å². The second-order valence-electron chi connectivity index (χ2n) is 13.3. The maximum absolute atomic E-state index is 4.44. The van der Waals surface area contributed by atoms with Gasteiger partial charge in [0.2, 0.25) is 0 Å². The van der Waals surface area contributed by atoms with Crippen molar-refractivity contribution in [3.8, 4) is 22.3 Å². The minimum Gasteiger partial charge on any atom is -0.442 e. The molecule has 12 rings (SSSR count). The van der Waals surface area contributed by atoms with Crippen LogP contribution in [0, 0.1) is 12.1 Å². The molecule has 0 spiro atoms. The number of pyridine rings is 4. The van der Waals surface area contributed by atoms with Gasteiger partial charge in [-0.15, -0.1) is 71.8 Å². The van der Waals surface area contributed by atoms with Crippen LogP contribution in [-0.4, -0.2) is 19.9 Å². The Bertz CT molecular complexity index is 2920. The van der Waals surface area contributed by atoms with Crippen LogP contribution in [-0.2, 0) is 42.1 Å². The molecule has 8 heteroatoms. The van der Waals surface area contributed by atoms with Gasteiger partial charge in [0.1, 0.15) is 0 Å². The fourth-order valence-corrected chi connectivity index (χ4v) is 6.98. The van der Waals surface area contributed by atoms with Crippen molar-refractivity contribution in [2.24, 2.45) is 0 Å². The van der Waals surface area contributed by atoms with Crippen molar-refractivity contribution >= 4 is 65.7 Å². The van der Waals surface area contributed by atoms with E-state index in [-0.39, 0.29) is 42.1 Å². The van der Waals surface area contributed by atoms with Crippen LogP contribution in [0.15, 0.2) is 207 Å². The van der Waals surface area contributed by atoms with Gasteiger partial charge in [-0.2, -0.15) is 0 Å². The zero-order valence-corrected chi connectivity index (χ0v) is 36.5. The molecule has 6 heterocycles. The van der Waals surface area contributed by atoms with Crippen molar-refractivity contribution in [3.63, 3.8) is 0 Å². The molecule has 6 aromatic carbocycles. The van der Waals surface area contributed by atoms with Crippen LogP contribution in [0.4, 0.5) is 0 Å². The fraction of sp³-hybridized carbons (Fsp3) is 0. The van der Waals surface area contributed by atoms with Gasteiger partial charge in [0.05, 0.1) is 0 Å². The van der Waals surface area contributed by atoms with Crippen LogP contribution in [0.2, 0.25) is 0 Å². The van der Waals surface area contributed by atoms with Crippen LogP contribution in [0.25, 0.3) is 87.9 Å². The Kier molecular flexibility index (Phi) is 13.8. The number of benzene rings is 6. The molecule has 0 aliphatic heterocycles. The largest absolute Gasteiger partial charge is 2.00 e. The Hall–Kier alpha value is -6.58. The predicted octanol–water partition coefficient (Wildman–Crippen LogP) is 12.1. The van der Waals surface area contributed by atoms with Crippen molar-refractivity contribution in [2.75, 3.05) is 0 Å². The monoisotopic (exact) mass is 1130 g/mol. The summed E-state index contributed by atoms with van der Waals surface area (Å²) in [6.45, 7) is 0. The first kappa shape index (κ1) is 41.6. The van der Waals surface area contributed by atoms with E-state index in [4.69, 9.17) is 0 Å². The molecule has 0 radical (unpaired) electrons. The summed E-state index contributed by atoms with van der Waals surface area (Å²) in [4.78, 5) is 26.1. The molecule has 0 atom stereocenters. The minimum absolute atomic E-state index is 0. The van der Waals surface area contributed by atoms with E-state index in [9.17, 15) is 0 Å². The molecule has 0 N–H and O–H groups in total. The molecular weight excluding hydrogens is 1100 g/mol. The van der Waals surface area contributed by atoms with Crippen LogP contribution >= 0.6 is 0 Å². The number of nitrogens with zero attached hydrogens (tertiary/aromatic N) is 6. The van der Waals surface area contributed by atoms with Gasteiger partial charge in [-0.05, 0) is 55.5 Å². The average Bonchev–Trinajstić information content (AvgIpc) is 3.89. The molecular formula is C52H34N6Pt2. The van der Waals surface area contributed by atoms with E-state index >= 15 is 0 Å². The third kappa shape index (κ3) is 9.16. The number of para-hydroxylation sites is 4. The summed E-state index contributed by atoms with van der Waals surface area (Å²) < 4.78 is 0. The first-order valence-electron chi connectivity index (χ1n) is 18.9. The molecule has 0 fully saturated rings. The van der Waals surface area contributed by atoms with E-state index in [0.717, 1.165) is 77.2 Å². The fourth-order valence-electron chi connectivity index (χ4n) is 6.98. The van der Waals surface area contributed by atoms with Crippen LogP contribution < -0.4 is 9.97 Å². The minimum atomic E-state index is 0. The Morgan fingerprint density at radius 1 is 0.333 bits per heavy atom. The normalized spacial score (nSPS) is 10.4. The summed E-state index contributed by atoms with van der Waals surface area (Å²) in [5, 5.41) is 6.97. The van der Waals surface area contributed by atoms with E-state index in [1.165, 1.54) is 10.8 Å². The summed E-state index contributed by atoms with van der Waals surface area (Å²) in [6, 6.07) is 67.1. The zero-order valence-electron chi connectivity index (χ0n) is 31.9. The third-order valence-electron chi connectivity index (χ3n) is 9.68. The molecule has 0 unspecified atom stereocenters. The summed E-state index contributed by atoms with van der Waals surface area (Å²) >= 11 is 0. The van der Waals surface area contributed by atoms with E-state index in [1.54, 1.807) is 12.4 Å². The van der Waals surface area contributed by atoms with Gasteiger partial charge in [0.25, 0.3) is 0 Å². The van der Waals surface area contributed by atoms with Gasteiger partial charge in [-0.1, -0.05) is 156 Å². The Morgan fingerprint density at radius 2 is 0.717 bits per heavy atom. The number of rotatable bonds is 2. The van der Waals surface area contributed by atoms with Crippen molar-refractivity contribution in [1.29, 1.82) is 0 Å². The van der Waals surface area contributed by atoms with Crippen molar-refractivity contribution < 1.29 is 42.1 Å². The van der Waals surface area contributed by atoms with Crippen LogP contribution in [0.5, 0.6) is 0 Å². The molecule has 0 aliphatic rings. The van der Waals surface area contributed by atoms with E-state index < -0.39 is 0 Å². The topological polar surface area (TPSA) is 79.8 Å². The number of aromatic nitrogens is 6. The molecule has 0 saturated heterocycles. The first-order valence-corrected chi connectivity index (χ1v) is 18.9. The SMILES string of the molecule is [Pt+2].[Pt+2].[c-]1ccccc1-c1cccc2cccnc12.[c-]1ccccc1-c1cccc2cccnc12.c1ccc2c(c1)[n-]c1ncccc12.c1ccc2c(c1)[n-]c1ncccc12. The van der Waals surface area contributed by atoms with E-state index in [0.29, 0.717) is 0 Å². The second-order valence-corrected chi connectivity index (χ2v) is 13.3. The Balaban J connectivity index is 0.000000120. The van der Waals surface area contributed by atoms with Crippen molar-refractivity contribution in [3.05, 3.63) is 219 Å². The standard InChI is InChI=1S/2C15H10N.2C11H7N2.2Pt/c2*1-2-6-12(7-3-1)14-10-4-8-13-9-5-11-16-15(13)14;2*1-2-6-10-8(4-1)9-5-3-7-12-11(9)13-10;;/h2*1-6,8-11H;2*1-7H;;/q4*-1;2*+2. The molecule has 6 nitrogen and oxygen atoms in total. The smallest absolute Gasteiger partial charge is 0.442 e. The summed E-state index contributed by atoms with van der Waals surface area (Å²) in [6.07, 6.45) is 7.20. The third-order valence-corrected chi connectivity index (χ3v) is 9.68. The van der Waals surface area contributed by atoms with Crippen molar-refractivity contribution in [2.45, 2.75) is 0 Å². The molecule has 6 aromatic heterocycles. The van der Waals surface area contributed by atoms with Gasteiger partial charge in [0.15, 0.2) is 0 Å². The number of hydrogen-bond donors (Lipinski definition) is 0. The molecule has 12 aromatic rings. The van der Waals surface area contributed by atoms with Gasteiger partial charge >= 0.3 is 42.1 Å². The summed E-state index contributed by atoms with van der Waals surface area (Å²) in [5.74, 6) is 0. The van der Waals surface area contributed by atoms with E-state index in [1.807, 2.05) is 109 Å². The molecule has 0 aliphatic carbocycles. The quantitative estimate of drug-likeness (QED) is 0.161. The maximum Gasteiger partial charge on any atom is 2.00 e. The number of fused-ring (bicyclic) bond motifs is 8. The Morgan fingerprint density at radius 3 is 1.17 bits per heavy atom. The zero-order chi connectivity index (χ0) is 38.9. The van der Waals surface area contributed by atoms with Crippen LogP contribution in [0.1, 0.15) is 0 Å². The molecule has 60 heavy (non-hydrogen) atoms.